The van der Waals surface area contributed by atoms with Crippen LogP contribution in [0.5, 0.6) is 0 Å². The number of fused-ring (bicyclic) bond motifs is 1. The number of hydrogen-bond donors (Lipinski definition) is 0. The van der Waals surface area contributed by atoms with Gasteiger partial charge in [0.15, 0.2) is 0 Å². The number of nitrogens with zero attached hydrogens (tertiary/aromatic N) is 2. The Labute approximate surface area is 101 Å². The molecule has 2 rings (SSSR count). The van der Waals surface area contributed by atoms with E-state index in [0.717, 1.165) is 12.1 Å². The molecule has 16 heavy (non-hydrogen) atoms. The Hall–Kier alpha value is -0.0800. The standard InChI is InChI=1S/C14H28N2/c1-5-8-15-10-12-7-6-9-16(12)13(11-15)14(2,3)4/h12-13H,5-11H2,1-4H3. The zero-order valence-corrected chi connectivity index (χ0v) is 11.5. The van der Waals surface area contributed by atoms with Gasteiger partial charge in [0, 0.05) is 25.2 Å². The predicted octanol–water partition coefficient (Wildman–Crippen LogP) is 2.59. The molecule has 0 aliphatic carbocycles. The van der Waals surface area contributed by atoms with Crippen molar-refractivity contribution in [2.75, 3.05) is 26.2 Å². The Kier molecular flexibility index (Phi) is 3.60. The van der Waals surface area contributed by atoms with Gasteiger partial charge in [-0.15, -0.1) is 0 Å². The molecule has 0 spiro atoms. The van der Waals surface area contributed by atoms with Crippen LogP contribution in [0.1, 0.15) is 47.0 Å². The van der Waals surface area contributed by atoms with Crippen molar-refractivity contribution in [3.63, 3.8) is 0 Å². The van der Waals surface area contributed by atoms with Crippen molar-refractivity contribution >= 4 is 0 Å². The summed E-state index contributed by atoms with van der Waals surface area (Å²) in [6.45, 7) is 14.7. The fourth-order valence-electron chi connectivity index (χ4n) is 3.46. The highest BCUT2D eigenvalue weighted by Gasteiger charge is 2.41. The lowest BCUT2D eigenvalue weighted by Crippen LogP contribution is -2.60. The fraction of sp³-hybridized carbons (Fsp3) is 1.00. The number of rotatable bonds is 2. The van der Waals surface area contributed by atoms with Crippen LogP contribution in [0.2, 0.25) is 0 Å². The summed E-state index contributed by atoms with van der Waals surface area (Å²) in [5.74, 6) is 0. The van der Waals surface area contributed by atoms with Gasteiger partial charge in [-0.3, -0.25) is 4.90 Å². The highest BCUT2D eigenvalue weighted by molar-refractivity contribution is 4.97. The zero-order chi connectivity index (χ0) is 11.8. The smallest absolute Gasteiger partial charge is 0.0275 e. The molecule has 2 atom stereocenters. The van der Waals surface area contributed by atoms with E-state index in [1.807, 2.05) is 0 Å². The summed E-state index contributed by atoms with van der Waals surface area (Å²) >= 11 is 0. The average Bonchev–Trinajstić information content (AvgIpc) is 2.63. The van der Waals surface area contributed by atoms with Gasteiger partial charge in [-0.05, 0) is 37.8 Å². The molecule has 0 aromatic carbocycles. The van der Waals surface area contributed by atoms with E-state index in [1.165, 1.54) is 45.4 Å². The average molecular weight is 224 g/mol. The van der Waals surface area contributed by atoms with Crippen LogP contribution in [-0.4, -0.2) is 48.1 Å². The Bertz CT molecular complexity index is 231. The molecule has 2 aliphatic rings. The van der Waals surface area contributed by atoms with Crippen LogP contribution in [0.15, 0.2) is 0 Å². The Balaban J connectivity index is 2.08. The van der Waals surface area contributed by atoms with Crippen molar-refractivity contribution in [3.05, 3.63) is 0 Å². The second-order valence-corrected chi connectivity index (χ2v) is 6.68. The summed E-state index contributed by atoms with van der Waals surface area (Å²) in [5.41, 5.74) is 0.426. The molecule has 2 nitrogen and oxygen atoms in total. The van der Waals surface area contributed by atoms with Crippen molar-refractivity contribution in [1.29, 1.82) is 0 Å². The van der Waals surface area contributed by atoms with Gasteiger partial charge in [-0.1, -0.05) is 27.7 Å². The van der Waals surface area contributed by atoms with Crippen LogP contribution >= 0.6 is 0 Å². The van der Waals surface area contributed by atoms with Gasteiger partial charge < -0.3 is 4.90 Å². The molecule has 2 unspecified atom stereocenters. The normalized spacial score (nSPS) is 33.0. The lowest BCUT2D eigenvalue weighted by atomic mass is 9.83. The predicted molar refractivity (Wildman–Crippen MR) is 69.7 cm³/mol. The third kappa shape index (κ3) is 2.43. The first kappa shape index (κ1) is 12.4. The van der Waals surface area contributed by atoms with E-state index >= 15 is 0 Å². The highest BCUT2D eigenvalue weighted by atomic mass is 15.3. The first-order valence-corrected chi connectivity index (χ1v) is 7.00. The fourth-order valence-corrected chi connectivity index (χ4v) is 3.46. The van der Waals surface area contributed by atoms with E-state index < -0.39 is 0 Å². The minimum Gasteiger partial charge on any atom is -0.300 e. The largest absolute Gasteiger partial charge is 0.300 e. The van der Waals surface area contributed by atoms with Crippen molar-refractivity contribution in [3.8, 4) is 0 Å². The Morgan fingerprint density at radius 1 is 1.19 bits per heavy atom. The maximum atomic E-state index is 2.80. The maximum absolute atomic E-state index is 2.80. The van der Waals surface area contributed by atoms with E-state index in [2.05, 4.69) is 37.5 Å². The van der Waals surface area contributed by atoms with Crippen molar-refractivity contribution < 1.29 is 0 Å². The molecule has 0 radical (unpaired) electrons. The third-order valence-corrected chi connectivity index (χ3v) is 4.26. The SMILES string of the molecule is CCCN1CC2CCCN2C(C(C)(C)C)C1. The van der Waals surface area contributed by atoms with Crippen LogP contribution in [0, 0.1) is 5.41 Å². The first-order chi connectivity index (χ1) is 7.52. The molecule has 0 aromatic heterocycles. The van der Waals surface area contributed by atoms with Gasteiger partial charge >= 0.3 is 0 Å². The molecular weight excluding hydrogens is 196 g/mol. The van der Waals surface area contributed by atoms with Crippen molar-refractivity contribution in [2.45, 2.75) is 59.0 Å². The highest BCUT2D eigenvalue weighted by Crippen LogP contribution is 2.34. The zero-order valence-electron chi connectivity index (χ0n) is 11.5. The van der Waals surface area contributed by atoms with Crippen LogP contribution in [-0.2, 0) is 0 Å². The molecule has 0 N–H and O–H groups in total. The van der Waals surface area contributed by atoms with Crippen LogP contribution in [0.3, 0.4) is 0 Å². The third-order valence-electron chi connectivity index (χ3n) is 4.26. The molecule has 2 aliphatic heterocycles. The minimum absolute atomic E-state index is 0.426. The molecule has 2 saturated heterocycles. The monoisotopic (exact) mass is 224 g/mol. The summed E-state index contributed by atoms with van der Waals surface area (Å²) < 4.78 is 0. The van der Waals surface area contributed by atoms with Gasteiger partial charge in [-0.25, -0.2) is 0 Å². The molecule has 94 valence electrons. The van der Waals surface area contributed by atoms with E-state index in [-0.39, 0.29) is 0 Å². The molecular formula is C14H28N2. The second-order valence-electron chi connectivity index (χ2n) is 6.68. The van der Waals surface area contributed by atoms with Gasteiger partial charge in [-0.2, -0.15) is 0 Å². The lowest BCUT2D eigenvalue weighted by molar-refractivity contribution is -0.00211. The van der Waals surface area contributed by atoms with E-state index in [9.17, 15) is 0 Å². The molecule has 0 bridgehead atoms. The molecule has 0 amide bonds. The summed E-state index contributed by atoms with van der Waals surface area (Å²) in [6.07, 6.45) is 4.13. The first-order valence-electron chi connectivity index (χ1n) is 7.00. The summed E-state index contributed by atoms with van der Waals surface area (Å²) in [7, 11) is 0. The molecule has 0 aromatic rings. The molecule has 2 heterocycles. The number of hydrogen-bond acceptors (Lipinski definition) is 2. The Morgan fingerprint density at radius 2 is 1.94 bits per heavy atom. The van der Waals surface area contributed by atoms with E-state index in [0.29, 0.717) is 5.41 Å². The van der Waals surface area contributed by atoms with Crippen LogP contribution in [0.25, 0.3) is 0 Å². The summed E-state index contributed by atoms with van der Waals surface area (Å²) in [6, 6.07) is 1.62. The maximum Gasteiger partial charge on any atom is 0.0275 e. The number of piperazine rings is 1. The topological polar surface area (TPSA) is 6.48 Å². The van der Waals surface area contributed by atoms with Crippen molar-refractivity contribution in [1.82, 2.24) is 9.80 Å². The van der Waals surface area contributed by atoms with Crippen molar-refractivity contribution in [2.24, 2.45) is 5.41 Å². The van der Waals surface area contributed by atoms with E-state index in [4.69, 9.17) is 0 Å². The second kappa shape index (κ2) is 4.66. The summed E-state index contributed by atoms with van der Waals surface area (Å²) in [5, 5.41) is 0. The molecule has 2 heteroatoms. The Morgan fingerprint density at radius 3 is 2.56 bits per heavy atom. The lowest BCUT2D eigenvalue weighted by Gasteiger charge is -2.49. The van der Waals surface area contributed by atoms with E-state index in [1.54, 1.807) is 0 Å². The summed E-state index contributed by atoms with van der Waals surface area (Å²) in [4.78, 5) is 5.49. The van der Waals surface area contributed by atoms with Gasteiger partial charge in [0.2, 0.25) is 0 Å². The van der Waals surface area contributed by atoms with Gasteiger partial charge in [0.05, 0.1) is 0 Å². The van der Waals surface area contributed by atoms with Gasteiger partial charge in [0.1, 0.15) is 0 Å². The quantitative estimate of drug-likeness (QED) is 0.711. The molecule has 0 saturated carbocycles. The molecule has 2 fully saturated rings. The minimum atomic E-state index is 0.426. The van der Waals surface area contributed by atoms with Crippen LogP contribution < -0.4 is 0 Å². The van der Waals surface area contributed by atoms with Gasteiger partial charge in [0.25, 0.3) is 0 Å². The van der Waals surface area contributed by atoms with Crippen LogP contribution in [0.4, 0.5) is 0 Å².